The minimum atomic E-state index is -0.768. The Morgan fingerprint density at radius 1 is 1.31 bits per heavy atom. The van der Waals surface area contributed by atoms with Crippen molar-refractivity contribution in [2.24, 2.45) is 5.10 Å². The standard InChI is InChI=1S/C21H18N2O5S/c1-13-6-7-17(24)14(10-13)21(26)28-12-20(25)23-16(18-4-2-8-27-18)11-15(22-23)19-5-3-9-29-19/h2-10,16,24H,11-12H2,1H3. The van der Waals surface area contributed by atoms with Gasteiger partial charge in [-0.2, -0.15) is 5.10 Å². The molecule has 0 radical (unpaired) electrons. The maximum atomic E-state index is 12.8. The van der Waals surface area contributed by atoms with Crippen LogP contribution in [0.5, 0.6) is 5.75 Å². The van der Waals surface area contributed by atoms with Gasteiger partial charge in [-0.3, -0.25) is 4.79 Å². The predicted octanol–water partition coefficient (Wildman–Crippen LogP) is 3.89. The number of thiophene rings is 1. The summed E-state index contributed by atoms with van der Waals surface area (Å²) in [5, 5.41) is 17.6. The summed E-state index contributed by atoms with van der Waals surface area (Å²) in [5.41, 5.74) is 1.59. The lowest BCUT2D eigenvalue weighted by molar-refractivity contribution is -0.136. The number of furan rings is 1. The second-order valence-corrected chi connectivity index (χ2v) is 7.54. The summed E-state index contributed by atoms with van der Waals surface area (Å²) in [7, 11) is 0. The molecule has 7 nitrogen and oxygen atoms in total. The number of rotatable bonds is 5. The fraction of sp³-hybridized carbons (Fsp3) is 0.190. The summed E-state index contributed by atoms with van der Waals surface area (Å²) >= 11 is 1.54. The Morgan fingerprint density at radius 3 is 2.90 bits per heavy atom. The van der Waals surface area contributed by atoms with Crippen molar-refractivity contribution in [3.8, 4) is 5.75 Å². The van der Waals surface area contributed by atoms with E-state index in [0.29, 0.717) is 12.2 Å². The maximum absolute atomic E-state index is 12.8. The normalized spacial score (nSPS) is 16.0. The molecule has 1 amide bonds. The third kappa shape index (κ3) is 3.93. The van der Waals surface area contributed by atoms with E-state index in [1.807, 2.05) is 17.5 Å². The fourth-order valence-electron chi connectivity index (χ4n) is 3.12. The summed E-state index contributed by atoms with van der Waals surface area (Å²) in [6.07, 6.45) is 2.05. The van der Waals surface area contributed by atoms with Crippen LogP contribution >= 0.6 is 11.3 Å². The van der Waals surface area contributed by atoms with Gasteiger partial charge in [0.15, 0.2) is 6.61 Å². The average Bonchev–Trinajstić information content (AvgIpc) is 3.47. The molecule has 29 heavy (non-hydrogen) atoms. The number of hydrazone groups is 1. The number of benzene rings is 1. The van der Waals surface area contributed by atoms with Crippen LogP contribution in [-0.4, -0.2) is 34.3 Å². The molecule has 4 rings (SSSR count). The zero-order valence-electron chi connectivity index (χ0n) is 15.6. The molecule has 1 aliphatic heterocycles. The highest BCUT2D eigenvalue weighted by Gasteiger charge is 2.35. The van der Waals surface area contributed by atoms with Crippen LogP contribution in [0.3, 0.4) is 0 Å². The lowest BCUT2D eigenvalue weighted by Crippen LogP contribution is -2.31. The van der Waals surface area contributed by atoms with Gasteiger partial charge in [0.2, 0.25) is 0 Å². The van der Waals surface area contributed by atoms with E-state index in [9.17, 15) is 14.7 Å². The van der Waals surface area contributed by atoms with Gasteiger partial charge in [-0.05, 0) is 42.6 Å². The van der Waals surface area contributed by atoms with E-state index in [1.54, 1.807) is 31.4 Å². The average molecular weight is 410 g/mol. The van der Waals surface area contributed by atoms with Crippen molar-refractivity contribution >= 4 is 28.9 Å². The number of hydrogen-bond donors (Lipinski definition) is 1. The lowest BCUT2D eigenvalue weighted by atomic mass is 10.1. The van der Waals surface area contributed by atoms with E-state index in [1.165, 1.54) is 28.5 Å². The van der Waals surface area contributed by atoms with Crippen LogP contribution in [0.25, 0.3) is 0 Å². The van der Waals surface area contributed by atoms with Gasteiger partial charge in [-0.15, -0.1) is 11.3 Å². The molecule has 0 saturated carbocycles. The molecule has 1 unspecified atom stereocenters. The third-order valence-corrected chi connectivity index (χ3v) is 5.46. The molecule has 0 fully saturated rings. The number of carbonyl (C=O) groups is 2. The molecule has 0 spiro atoms. The largest absolute Gasteiger partial charge is 0.507 e. The first-order valence-corrected chi connectivity index (χ1v) is 9.84. The van der Waals surface area contributed by atoms with Crippen LogP contribution in [0.1, 0.15) is 39.0 Å². The number of ether oxygens (including phenoxy) is 1. The molecule has 8 heteroatoms. The fourth-order valence-corrected chi connectivity index (χ4v) is 3.84. The first kappa shape index (κ1) is 18.9. The van der Waals surface area contributed by atoms with Gasteiger partial charge >= 0.3 is 5.97 Å². The molecule has 148 valence electrons. The minimum Gasteiger partial charge on any atom is -0.507 e. The quantitative estimate of drug-likeness (QED) is 0.644. The molecule has 0 saturated heterocycles. The second kappa shape index (κ2) is 7.92. The SMILES string of the molecule is Cc1ccc(O)c(C(=O)OCC(=O)N2N=C(c3cccs3)CC2c2ccco2)c1. The number of phenolic OH excluding ortho intramolecular Hbond substituents is 1. The van der Waals surface area contributed by atoms with Crippen molar-refractivity contribution in [3.63, 3.8) is 0 Å². The molecule has 3 heterocycles. The van der Waals surface area contributed by atoms with E-state index in [4.69, 9.17) is 9.15 Å². The van der Waals surface area contributed by atoms with Gasteiger partial charge in [-0.25, -0.2) is 9.80 Å². The number of carbonyl (C=O) groups excluding carboxylic acids is 2. The van der Waals surface area contributed by atoms with E-state index < -0.39 is 24.5 Å². The highest BCUT2D eigenvalue weighted by Crippen LogP contribution is 2.34. The Hall–Kier alpha value is -3.39. The lowest BCUT2D eigenvalue weighted by Gasteiger charge is -2.19. The Labute approximate surface area is 170 Å². The third-order valence-electron chi connectivity index (χ3n) is 4.54. The number of aryl methyl sites for hydroxylation is 1. The maximum Gasteiger partial charge on any atom is 0.342 e. The number of nitrogens with zero attached hydrogens (tertiary/aromatic N) is 2. The number of amides is 1. The van der Waals surface area contributed by atoms with E-state index >= 15 is 0 Å². The molecular weight excluding hydrogens is 392 g/mol. The number of phenols is 1. The van der Waals surface area contributed by atoms with Crippen molar-refractivity contribution in [1.29, 1.82) is 0 Å². The molecule has 3 aromatic rings. The molecular formula is C21H18N2O5S. The second-order valence-electron chi connectivity index (χ2n) is 6.59. The smallest absolute Gasteiger partial charge is 0.342 e. The monoisotopic (exact) mass is 410 g/mol. The van der Waals surface area contributed by atoms with E-state index in [2.05, 4.69) is 5.10 Å². The molecule has 0 bridgehead atoms. The van der Waals surface area contributed by atoms with Crippen LogP contribution in [0.15, 0.2) is 63.6 Å². The first-order chi connectivity index (χ1) is 14.0. The molecule has 1 aromatic carbocycles. The summed E-state index contributed by atoms with van der Waals surface area (Å²) in [6.45, 7) is 1.30. The number of aromatic hydroxyl groups is 1. The summed E-state index contributed by atoms with van der Waals surface area (Å²) in [6, 6.07) is 11.6. The summed E-state index contributed by atoms with van der Waals surface area (Å²) in [4.78, 5) is 26.1. The van der Waals surface area contributed by atoms with Crippen LogP contribution in [0, 0.1) is 6.92 Å². The number of esters is 1. The highest BCUT2D eigenvalue weighted by atomic mass is 32.1. The van der Waals surface area contributed by atoms with Gasteiger partial charge in [0.25, 0.3) is 5.91 Å². The van der Waals surface area contributed by atoms with Crippen LogP contribution < -0.4 is 0 Å². The number of hydrogen-bond acceptors (Lipinski definition) is 7. The Balaban J connectivity index is 1.50. The minimum absolute atomic E-state index is 0.0181. The Morgan fingerprint density at radius 2 is 2.17 bits per heavy atom. The van der Waals surface area contributed by atoms with Crippen molar-refractivity contribution in [2.75, 3.05) is 6.61 Å². The van der Waals surface area contributed by atoms with Crippen LogP contribution in [-0.2, 0) is 9.53 Å². The van der Waals surface area contributed by atoms with Gasteiger partial charge in [0, 0.05) is 6.42 Å². The summed E-state index contributed by atoms with van der Waals surface area (Å²) in [5.74, 6) is -0.828. The molecule has 1 aliphatic rings. The van der Waals surface area contributed by atoms with Gasteiger partial charge in [0.1, 0.15) is 23.1 Å². The Kier molecular flexibility index (Phi) is 5.18. The van der Waals surface area contributed by atoms with Gasteiger partial charge in [-0.1, -0.05) is 17.7 Å². The molecule has 0 aliphatic carbocycles. The summed E-state index contributed by atoms with van der Waals surface area (Å²) < 4.78 is 10.6. The molecule has 1 atom stereocenters. The molecule has 1 N–H and O–H groups in total. The zero-order valence-corrected chi connectivity index (χ0v) is 16.4. The topological polar surface area (TPSA) is 92.3 Å². The van der Waals surface area contributed by atoms with Gasteiger partial charge < -0.3 is 14.3 Å². The van der Waals surface area contributed by atoms with E-state index in [0.717, 1.165) is 16.2 Å². The van der Waals surface area contributed by atoms with Crippen LogP contribution in [0.4, 0.5) is 0 Å². The van der Waals surface area contributed by atoms with Crippen LogP contribution in [0.2, 0.25) is 0 Å². The van der Waals surface area contributed by atoms with Crippen molar-refractivity contribution in [2.45, 2.75) is 19.4 Å². The Bertz CT molecular complexity index is 1060. The van der Waals surface area contributed by atoms with E-state index in [-0.39, 0.29) is 11.3 Å². The zero-order chi connectivity index (χ0) is 20.4. The predicted molar refractivity (Wildman–Crippen MR) is 107 cm³/mol. The first-order valence-electron chi connectivity index (χ1n) is 8.96. The molecule has 2 aromatic heterocycles. The van der Waals surface area contributed by atoms with Crippen molar-refractivity contribution in [3.05, 3.63) is 75.9 Å². The highest BCUT2D eigenvalue weighted by molar-refractivity contribution is 7.12. The van der Waals surface area contributed by atoms with Gasteiger partial charge in [0.05, 0.1) is 16.9 Å². The van der Waals surface area contributed by atoms with Crippen molar-refractivity contribution in [1.82, 2.24) is 5.01 Å². The van der Waals surface area contributed by atoms with Crippen molar-refractivity contribution < 1.29 is 23.8 Å².